The van der Waals surface area contributed by atoms with Gasteiger partial charge in [0.25, 0.3) is 0 Å². The van der Waals surface area contributed by atoms with E-state index in [-0.39, 0.29) is 56.6 Å². The summed E-state index contributed by atoms with van der Waals surface area (Å²) in [6.45, 7) is 16.1. The van der Waals surface area contributed by atoms with Gasteiger partial charge in [0, 0.05) is 25.9 Å². The minimum Gasteiger partial charge on any atom is -0.469 e. The lowest BCUT2D eigenvalue weighted by atomic mass is 9.97. The number of nitrogens with one attached hydrogen (secondary N) is 4. The maximum atomic E-state index is 13.4. The number of aliphatic hydroxyl groups is 2. The van der Waals surface area contributed by atoms with Gasteiger partial charge < -0.3 is 60.2 Å². The van der Waals surface area contributed by atoms with Crippen molar-refractivity contribution in [2.24, 2.45) is 11.8 Å². The summed E-state index contributed by atoms with van der Waals surface area (Å²) < 4.78 is 19.5. The number of esters is 2. The van der Waals surface area contributed by atoms with E-state index in [2.05, 4.69) is 43.9 Å². The number of fused-ring (bicyclic) bond motifs is 1. The quantitative estimate of drug-likeness (QED) is 0.0308. The number of alkyl carbamates (subject to hydrolysis) is 2. The van der Waals surface area contributed by atoms with Crippen molar-refractivity contribution in [1.82, 2.24) is 31.1 Å². The molecule has 2 fully saturated rings. The van der Waals surface area contributed by atoms with Crippen LogP contribution in [-0.2, 0) is 57.3 Å². The van der Waals surface area contributed by atoms with E-state index in [4.69, 9.17) is 9.47 Å². The number of ketones is 2. The van der Waals surface area contributed by atoms with Gasteiger partial charge in [-0.2, -0.15) is 0 Å². The number of carbonyl (C=O) groups is 10. The molecule has 0 aromatic heterocycles. The van der Waals surface area contributed by atoms with Gasteiger partial charge >= 0.3 is 24.1 Å². The molecule has 3 rings (SSSR count). The number of nitrogens with zero attached hydrogens (tertiary/aromatic N) is 2. The average Bonchev–Trinajstić information content (AvgIpc) is 4.11. The van der Waals surface area contributed by atoms with Gasteiger partial charge in [-0.05, 0) is 102 Å². The second-order valence-electron chi connectivity index (χ2n) is 20.0. The van der Waals surface area contributed by atoms with Crippen molar-refractivity contribution in [3.05, 3.63) is 37.5 Å². The third kappa shape index (κ3) is 23.8. The molecule has 8 atom stereocenters. The van der Waals surface area contributed by atoms with E-state index >= 15 is 0 Å². The second kappa shape index (κ2) is 36.0. The lowest BCUT2D eigenvalue weighted by Gasteiger charge is -2.31. The molecule has 2 saturated heterocycles. The normalized spacial score (nSPS) is 20.9. The Morgan fingerprint density at radius 1 is 0.737 bits per heavy atom. The number of ether oxygens (including phenoxy) is 4. The van der Waals surface area contributed by atoms with Gasteiger partial charge in [0.15, 0.2) is 11.6 Å². The van der Waals surface area contributed by atoms with Crippen LogP contribution in [0.3, 0.4) is 0 Å². The van der Waals surface area contributed by atoms with Crippen molar-refractivity contribution < 1.29 is 77.1 Å². The summed E-state index contributed by atoms with van der Waals surface area (Å²) in [5.41, 5.74) is 0. The molecule has 3 heterocycles. The summed E-state index contributed by atoms with van der Waals surface area (Å²) in [7, 11) is 2.43. The van der Waals surface area contributed by atoms with Crippen molar-refractivity contribution in [3.63, 3.8) is 0 Å². The SMILES string of the molecule is C=CCCC[C@H](NC(=O)[C@@H]1CCCN1C(=O)[C@H](CCC=C)NC(=O)OCC(C)C)C(O)C(=O)CCC(=O)OC.COC(=O)CCC(=O)C(O)[C@@H]1CCC/C=C\CC[C@H](NC(=O)OCC(C)C)C(=O)N2CCC[C@H]2C(=O)N1. The summed E-state index contributed by atoms with van der Waals surface area (Å²) in [5, 5.41) is 32.2. The Balaban J connectivity index is 0.000000521. The van der Waals surface area contributed by atoms with Crippen LogP contribution >= 0.6 is 0 Å². The smallest absolute Gasteiger partial charge is 0.407 e. The molecule has 0 aliphatic carbocycles. The van der Waals surface area contributed by atoms with E-state index < -0.39 is 102 Å². The van der Waals surface area contributed by atoms with Crippen LogP contribution in [0.4, 0.5) is 9.59 Å². The van der Waals surface area contributed by atoms with Crippen LogP contribution in [-0.4, -0.2) is 168 Å². The maximum Gasteiger partial charge on any atom is 0.407 e. The molecule has 3 aliphatic rings. The van der Waals surface area contributed by atoms with Gasteiger partial charge in [-0.3, -0.25) is 38.4 Å². The predicted molar refractivity (Wildman–Crippen MR) is 280 cm³/mol. The number of carbonyl (C=O) groups excluding carboxylic acids is 10. The minimum atomic E-state index is -1.52. The Morgan fingerprint density at radius 2 is 1.34 bits per heavy atom. The summed E-state index contributed by atoms with van der Waals surface area (Å²) in [6.07, 6.45) is 8.85. The molecule has 76 heavy (non-hydrogen) atoms. The standard InChI is InChI=1S/C28H45N3O8.C26H41N3O8/c1-6-8-10-13-20(25(34)23(32)15-16-24(33)38-5)29-26(35)22-14-11-17-31(22)27(36)21(12-9-7-2)30-28(37)39-18-19(3)4;1-17(2)16-37-26(35)28-19-11-8-6-4-5-7-10-18(23(32)21(30)13-14-22(31)36-3)27-24(33)20-12-9-15-29(20)25(19)34/h6-7,19-22,25,34H,1-2,8-18H2,3-5H3,(H,29,35)(H,30,37);4,6,17-20,23,32H,5,7-16H2,1-3H3,(H,27,33)(H,28,35)/b;6-4-/t20-,21-,22-,25?;18-,19-,20-,23?/m00/s1. The lowest BCUT2D eigenvalue weighted by molar-refractivity contribution is -0.143. The average molecular weight is 1080 g/mol. The first-order chi connectivity index (χ1) is 36.2. The number of aliphatic hydroxyl groups excluding tert-OH is 2. The Kier molecular flexibility index (Phi) is 31.2. The molecule has 22 heteroatoms. The van der Waals surface area contributed by atoms with E-state index in [0.717, 1.165) is 0 Å². The number of Topliss-reactive ketones (excluding diaryl/α,β-unsaturated/α-hetero) is 2. The zero-order chi connectivity index (χ0) is 56.7. The summed E-state index contributed by atoms with van der Waals surface area (Å²) in [6, 6.07) is -5.10. The molecule has 0 aromatic rings. The van der Waals surface area contributed by atoms with Gasteiger partial charge in [0.1, 0.15) is 36.4 Å². The van der Waals surface area contributed by atoms with Gasteiger partial charge in [-0.1, -0.05) is 52.0 Å². The van der Waals surface area contributed by atoms with Gasteiger partial charge in [-0.15, -0.1) is 13.2 Å². The van der Waals surface area contributed by atoms with E-state index in [1.807, 2.05) is 39.8 Å². The molecule has 2 unspecified atom stereocenters. The number of rotatable bonds is 26. The molecule has 22 nitrogen and oxygen atoms in total. The molecule has 6 N–H and O–H groups in total. The van der Waals surface area contributed by atoms with Crippen LogP contribution in [0.15, 0.2) is 37.5 Å². The number of hydrogen-bond acceptors (Lipinski definition) is 16. The highest BCUT2D eigenvalue weighted by atomic mass is 16.6. The number of amides is 6. The first-order valence-corrected chi connectivity index (χ1v) is 26.7. The molecule has 0 bridgehead atoms. The highest BCUT2D eigenvalue weighted by molar-refractivity contribution is 5.94. The number of likely N-dealkylation sites (tertiary alicyclic amines) is 1. The summed E-state index contributed by atoms with van der Waals surface area (Å²) in [5.74, 6) is -3.72. The predicted octanol–water partition coefficient (Wildman–Crippen LogP) is 4.04. The van der Waals surface area contributed by atoms with Crippen LogP contribution in [0, 0.1) is 11.8 Å². The third-order valence-electron chi connectivity index (χ3n) is 12.9. The Labute approximate surface area is 447 Å². The molecule has 3 aliphatic heterocycles. The largest absolute Gasteiger partial charge is 0.469 e. The second-order valence-corrected chi connectivity index (χ2v) is 20.0. The maximum absolute atomic E-state index is 13.4. The number of hydrogen-bond donors (Lipinski definition) is 6. The Bertz CT molecular complexity index is 1980. The van der Waals surface area contributed by atoms with Crippen LogP contribution < -0.4 is 21.3 Å². The van der Waals surface area contributed by atoms with Gasteiger partial charge in [-0.25, -0.2) is 9.59 Å². The number of methoxy groups -OCH3 is 2. The first-order valence-electron chi connectivity index (χ1n) is 26.7. The summed E-state index contributed by atoms with van der Waals surface area (Å²) >= 11 is 0. The highest BCUT2D eigenvalue weighted by Gasteiger charge is 2.41. The van der Waals surface area contributed by atoms with Crippen LogP contribution in [0.2, 0.25) is 0 Å². The number of allylic oxidation sites excluding steroid dienone is 4. The Morgan fingerprint density at radius 3 is 1.96 bits per heavy atom. The van der Waals surface area contributed by atoms with Crippen molar-refractivity contribution in [1.29, 1.82) is 0 Å². The fourth-order valence-corrected chi connectivity index (χ4v) is 8.67. The third-order valence-corrected chi connectivity index (χ3v) is 12.9. The lowest BCUT2D eigenvalue weighted by Crippen LogP contribution is -2.56. The zero-order valence-corrected chi connectivity index (χ0v) is 45.6. The van der Waals surface area contributed by atoms with Crippen LogP contribution in [0.1, 0.15) is 143 Å². The fourth-order valence-electron chi connectivity index (χ4n) is 8.67. The van der Waals surface area contributed by atoms with Crippen LogP contribution in [0.5, 0.6) is 0 Å². The van der Waals surface area contributed by atoms with Crippen molar-refractivity contribution >= 4 is 59.3 Å². The van der Waals surface area contributed by atoms with Crippen LogP contribution in [0.25, 0.3) is 0 Å². The van der Waals surface area contributed by atoms with E-state index in [1.54, 1.807) is 12.2 Å². The minimum absolute atomic E-state index is 0.131. The topological polar surface area (TPSA) is 303 Å². The zero-order valence-electron chi connectivity index (χ0n) is 45.6. The van der Waals surface area contributed by atoms with E-state index in [1.165, 1.54) is 24.0 Å². The fraction of sp³-hybridized carbons (Fsp3) is 0.704. The number of unbranched alkanes of at least 4 members (excludes halogenated alkanes) is 1. The Hall–Kier alpha value is -6.16. The highest BCUT2D eigenvalue weighted by Crippen LogP contribution is 2.23. The summed E-state index contributed by atoms with van der Waals surface area (Å²) in [4.78, 5) is 129. The van der Waals surface area contributed by atoms with Crippen molar-refractivity contribution in [2.75, 3.05) is 40.5 Å². The van der Waals surface area contributed by atoms with E-state index in [0.29, 0.717) is 103 Å². The first kappa shape index (κ1) is 66.0. The van der Waals surface area contributed by atoms with Crippen molar-refractivity contribution in [2.45, 2.75) is 192 Å². The molecule has 6 amide bonds. The van der Waals surface area contributed by atoms with Gasteiger partial charge in [0.05, 0.1) is 52.4 Å². The molecule has 0 saturated carbocycles. The molecular weight excluding hydrogens is 989 g/mol. The molecule has 0 radical (unpaired) electrons. The molecule has 0 spiro atoms. The molecule has 428 valence electrons. The van der Waals surface area contributed by atoms with E-state index in [9.17, 15) is 58.2 Å². The monoisotopic (exact) mass is 1070 g/mol. The molecule has 0 aromatic carbocycles. The molecular formula is C54H86N6O16. The van der Waals surface area contributed by atoms with Crippen molar-refractivity contribution in [3.8, 4) is 0 Å². The van der Waals surface area contributed by atoms with Gasteiger partial charge in [0.2, 0.25) is 23.6 Å².